The van der Waals surface area contributed by atoms with Crippen LogP contribution in [0.25, 0.3) is 0 Å². The molecule has 1 aliphatic rings. The number of aliphatic hydroxyl groups is 1. The van der Waals surface area contributed by atoms with Crippen LogP contribution in [-0.4, -0.2) is 30.6 Å². The summed E-state index contributed by atoms with van der Waals surface area (Å²) in [6, 6.07) is 0. The van der Waals surface area contributed by atoms with E-state index in [1.54, 1.807) is 0 Å². The second-order valence-electron chi connectivity index (χ2n) is 2.32. The van der Waals surface area contributed by atoms with E-state index in [1.165, 1.54) is 13.0 Å². The van der Waals surface area contributed by atoms with Crippen LogP contribution in [0.1, 0.15) is 6.92 Å². The second-order valence-corrected chi connectivity index (χ2v) is 2.32. The lowest BCUT2D eigenvalue weighted by Gasteiger charge is -2.05. The number of carbonyl (C=O) groups excluding carboxylic acids is 1. The summed E-state index contributed by atoms with van der Waals surface area (Å²) in [6.07, 6.45) is 0.578. The molecule has 0 saturated heterocycles. The summed E-state index contributed by atoms with van der Waals surface area (Å²) < 4.78 is 9.43. The van der Waals surface area contributed by atoms with Crippen molar-refractivity contribution < 1.29 is 19.4 Å². The fourth-order valence-electron chi connectivity index (χ4n) is 0.725. The van der Waals surface area contributed by atoms with Crippen molar-refractivity contribution in [3.05, 3.63) is 11.6 Å². The van der Waals surface area contributed by atoms with Crippen molar-refractivity contribution in [2.75, 3.05) is 13.2 Å². The average Bonchev–Trinajstić information content (AvgIpc) is 2.31. The van der Waals surface area contributed by atoms with Gasteiger partial charge in [0, 0.05) is 6.08 Å². The molecule has 0 aliphatic carbocycles. The van der Waals surface area contributed by atoms with Gasteiger partial charge in [-0.1, -0.05) is 0 Å². The standard InChI is InChI=1S/C7H10O4/c1-5(8)10-3-6-2-7(9)11-4-6/h2,5,8H,3-4H2,1H3. The average molecular weight is 158 g/mol. The smallest absolute Gasteiger partial charge is 0.331 e. The van der Waals surface area contributed by atoms with Crippen LogP contribution in [0.15, 0.2) is 11.6 Å². The highest BCUT2D eigenvalue weighted by atomic mass is 16.6. The Kier molecular flexibility index (Phi) is 2.62. The molecule has 0 amide bonds. The maximum atomic E-state index is 10.5. The summed E-state index contributed by atoms with van der Waals surface area (Å²) in [5.74, 6) is -0.339. The quantitative estimate of drug-likeness (QED) is 0.457. The maximum absolute atomic E-state index is 10.5. The van der Waals surface area contributed by atoms with E-state index in [-0.39, 0.29) is 19.2 Å². The van der Waals surface area contributed by atoms with E-state index < -0.39 is 6.29 Å². The minimum Gasteiger partial charge on any atom is -0.458 e. The third-order valence-electron chi connectivity index (χ3n) is 1.23. The normalized spacial score (nSPS) is 19.5. The zero-order valence-corrected chi connectivity index (χ0v) is 6.24. The van der Waals surface area contributed by atoms with Gasteiger partial charge in [-0.25, -0.2) is 4.79 Å². The molecular formula is C7H10O4. The molecule has 1 heterocycles. The van der Waals surface area contributed by atoms with Gasteiger partial charge in [0.05, 0.1) is 6.61 Å². The number of esters is 1. The Labute approximate surface area is 64.4 Å². The van der Waals surface area contributed by atoms with Gasteiger partial charge in [-0.05, 0) is 12.5 Å². The van der Waals surface area contributed by atoms with E-state index >= 15 is 0 Å². The minimum absolute atomic E-state index is 0.253. The van der Waals surface area contributed by atoms with Crippen LogP contribution in [-0.2, 0) is 14.3 Å². The zero-order valence-electron chi connectivity index (χ0n) is 6.24. The lowest BCUT2D eigenvalue weighted by Crippen LogP contribution is -2.09. The Morgan fingerprint density at radius 1 is 1.91 bits per heavy atom. The number of cyclic esters (lactones) is 1. The van der Waals surface area contributed by atoms with Gasteiger partial charge in [0.25, 0.3) is 0 Å². The van der Waals surface area contributed by atoms with Crippen LogP contribution in [0.4, 0.5) is 0 Å². The third kappa shape index (κ3) is 2.69. The maximum Gasteiger partial charge on any atom is 0.331 e. The summed E-state index contributed by atoms with van der Waals surface area (Å²) >= 11 is 0. The van der Waals surface area contributed by atoms with Gasteiger partial charge in [0.2, 0.25) is 0 Å². The van der Waals surface area contributed by atoms with Gasteiger partial charge in [0.15, 0.2) is 6.29 Å². The Morgan fingerprint density at radius 3 is 3.09 bits per heavy atom. The molecule has 4 heteroatoms. The molecule has 0 bridgehead atoms. The van der Waals surface area contributed by atoms with Crippen LogP contribution in [0.3, 0.4) is 0 Å². The molecule has 1 unspecified atom stereocenters. The zero-order chi connectivity index (χ0) is 8.27. The Balaban J connectivity index is 2.27. The molecule has 0 radical (unpaired) electrons. The monoisotopic (exact) mass is 158 g/mol. The molecule has 4 nitrogen and oxygen atoms in total. The van der Waals surface area contributed by atoms with Gasteiger partial charge in [-0.3, -0.25) is 0 Å². The second kappa shape index (κ2) is 3.50. The molecule has 1 N–H and O–H groups in total. The number of hydrogen-bond acceptors (Lipinski definition) is 4. The molecule has 1 aliphatic heterocycles. The molecule has 0 aromatic carbocycles. The van der Waals surface area contributed by atoms with Crippen molar-refractivity contribution in [3.63, 3.8) is 0 Å². The van der Waals surface area contributed by atoms with E-state index in [1.807, 2.05) is 0 Å². The molecule has 11 heavy (non-hydrogen) atoms. The molecule has 62 valence electrons. The lowest BCUT2D eigenvalue weighted by molar-refractivity contribution is -0.135. The molecule has 0 aromatic rings. The van der Waals surface area contributed by atoms with Gasteiger partial charge < -0.3 is 14.6 Å². The topological polar surface area (TPSA) is 55.8 Å². The molecule has 0 spiro atoms. The summed E-state index contributed by atoms with van der Waals surface area (Å²) in [4.78, 5) is 10.5. The summed E-state index contributed by atoms with van der Waals surface area (Å²) in [5, 5.41) is 8.70. The van der Waals surface area contributed by atoms with Crippen molar-refractivity contribution in [3.8, 4) is 0 Å². The molecule has 0 saturated carbocycles. The first-order valence-electron chi connectivity index (χ1n) is 3.34. The number of rotatable bonds is 3. The molecule has 0 fully saturated rings. The van der Waals surface area contributed by atoms with Crippen molar-refractivity contribution >= 4 is 5.97 Å². The Hall–Kier alpha value is -0.870. The van der Waals surface area contributed by atoms with Gasteiger partial charge in [-0.15, -0.1) is 0 Å². The number of hydrogen-bond donors (Lipinski definition) is 1. The van der Waals surface area contributed by atoms with E-state index in [9.17, 15) is 4.79 Å². The highest BCUT2D eigenvalue weighted by molar-refractivity contribution is 5.85. The fourth-order valence-corrected chi connectivity index (χ4v) is 0.725. The van der Waals surface area contributed by atoms with Crippen LogP contribution >= 0.6 is 0 Å². The van der Waals surface area contributed by atoms with Crippen LogP contribution < -0.4 is 0 Å². The molecule has 1 atom stereocenters. The van der Waals surface area contributed by atoms with Crippen LogP contribution in [0, 0.1) is 0 Å². The predicted octanol–water partition coefficient (Wildman–Crippen LogP) is -0.175. The first-order chi connectivity index (χ1) is 5.18. The molecule has 1 rings (SSSR count). The van der Waals surface area contributed by atoms with Crippen LogP contribution in [0.5, 0.6) is 0 Å². The summed E-state index contributed by atoms with van der Waals surface area (Å²) in [6.45, 7) is 2.05. The summed E-state index contributed by atoms with van der Waals surface area (Å²) in [7, 11) is 0. The van der Waals surface area contributed by atoms with Crippen LogP contribution in [0.2, 0.25) is 0 Å². The summed E-state index contributed by atoms with van der Waals surface area (Å²) in [5.41, 5.74) is 0.760. The predicted molar refractivity (Wildman–Crippen MR) is 36.7 cm³/mol. The van der Waals surface area contributed by atoms with Crippen molar-refractivity contribution in [2.45, 2.75) is 13.2 Å². The van der Waals surface area contributed by atoms with E-state index in [4.69, 9.17) is 9.84 Å². The van der Waals surface area contributed by atoms with E-state index in [0.29, 0.717) is 0 Å². The minimum atomic E-state index is -0.799. The lowest BCUT2D eigenvalue weighted by atomic mass is 10.3. The Morgan fingerprint density at radius 2 is 2.64 bits per heavy atom. The highest BCUT2D eigenvalue weighted by Gasteiger charge is 2.12. The number of ether oxygens (including phenoxy) is 2. The van der Waals surface area contributed by atoms with Crippen molar-refractivity contribution in [2.24, 2.45) is 0 Å². The van der Waals surface area contributed by atoms with Gasteiger partial charge >= 0.3 is 5.97 Å². The van der Waals surface area contributed by atoms with E-state index in [2.05, 4.69) is 4.74 Å². The van der Waals surface area contributed by atoms with Crippen molar-refractivity contribution in [1.82, 2.24) is 0 Å². The first kappa shape index (κ1) is 8.23. The van der Waals surface area contributed by atoms with Gasteiger partial charge in [0.1, 0.15) is 6.61 Å². The number of carbonyl (C=O) groups is 1. The Bertz CT molecular complexity index is 183. The first-order valence-corrected chi connectivity index (χ1v) is 3.34. The highest BCUT2D eigenvalue weighted by Crippen LogP contribution is 2.06. The third-order valence-corrected chi connectivity index (χ3v) is 1.23. The molecule has 0 aromatic heterocycles. The number of aliphatic hydroxyl groups excluding tert-OH is 1. The van der Waals surface area contributed by atoms with Crippen molar-refractivity contribution in [1.29, 1.82) is 0 Å². The molecular weight excluding hydrogens is 148 g/mol. The largest absolute Gasteiger partial charge is 0.458 e. The SMILES string of the molecule is CC(O)OCC1=CC(=O)OC1. The fraction of sp³-hybridized carbons (Fsp3) is 0.571. The van der Waals surface area contributed by atoms with Gasteiger partial charge in [-0.2, -0.15) is 0 Å². The van der Waals surface area contributed by atoms with E-state index in [0.717, 1.165) is 5.57 Å².